The lowest BCUT2D eigenvalue weighted by molar-refractivity contribution is -0.862. The standard InChI is InChI=1S/C7H16N2O/c1-5-8-7(10)6-9(2,3)4/h5-6H2,1-4H3/p+1. The minimum Gasteiger partial charge on any atom is -0.351 e. The summed E-state index contributed by atoms with van der Waals surface area (Å²) in [7, 11) is 5.99. The average Bonchev–Trinajstić information content (AvgIpc) is 1.59. The molecule has 0 saturated carbocycles. The summed E-state index contributed by atoms with van der Waals surface area (Å²) in [4.78, 5) is 10.9. The van der Waals surface area contributed by atoms with E-state index in [0.29, 0.717) is 11.0 Å². The van der Waals surface area contributed by atoms with Crippen LogP contribution in [0.4, 0.5) is 0 Å². The van der Waals surface area contributed by atoms with Crippen molar-refractivity contribution in [3.8, 4) is 0 Å². The second kappa shape index (κ2) is 3.56. The maximum atomic E-state index is 10.9. The van der Waals surface area contributed by atoms with Crippen molar-refractivity contribution in [1.82, 2.24) is 5.32 Å². The quantitative estimate of drug-likeness (QED) is 0.549. The maximum absolute atomic E-state index is 10.9. The van der Waals surface area contributed by atoms with Gasteiger partial charge in [0.05, 0.1) is 21.1 Å². The molecule has 10 heavy (non-hydrogen) atoms. The van der Waals surface area contributed by atoms with Gasteiger partial charge in [-0.1, -0.05) is 0 Å². The van der Waals surface area contributed by atoms with Crippen molar-refractivity contribution in [1.29, 1.82) is 0 Å². The van der Waals surface area contributed by atoms with Crippen molar-refractivity contribution in [2.75, 3.05) is 34.2 Å². The van der Waals surface area contributed by atoms with Gasteiger partial charge in [-0.2, -0.15) is 0 Å². The van der Waals surface area contributed by atoms with E-state index in [1.54, 1.807) is 0 Å². The smallest absolute Gasteiger partial charge is 0.275 e. The summed E-state index contributed by atoms with van der Waals surface area (Å²) in [6, 6.07) is 0. The van der Waals surface area contributed by atoms with E-state index in [9.17, 15) is 4.79 Å². The fourth-order valence-electron chi connectivity index (χ4n) is 0.684. The summed E-state index contributed by atoms with van der Waals surface area (Å²) in [5, 5.41) is 2.75. The van der Waals surface area contributed by atoms with E-state index >= 15 is 0 Å². The molecule has 0 unspecified atom stereocenters. The maximum Gasteiger partial charge on any atom is 0.275 e. The van der Waals surface area contributed by atoms with Crippen LogP contribution in [0.5, 0.6) is 0 Å². The molecular formula is C7H17N2O+. The Morgan fingerprint density at radius 3 is 2.20 bits per heavy atom. The van der Waals surface area contributed by atoms with E-state index < -0.39 is 0 Å². The molecule has 3 heteroatoms. The number of nitrogens with zero attached hydrogens (tertiary/aromatic N) is 1. The lowest BCUT2D eigenvalue weighted by Crippen LogP contribution is -2.44. The van der Waals surface area contributed by atoms with Gasteiger partial charge in [0, 0.05) is 6.54 Å². The van der Waals surface area contributed by atoms with Gasteiger partial charge in [-0.3, -0.25) is 4.79 Å². The Kier molecular flexibility index (Phi) is 3.36. The first-order valence-corrected chi connectivity index (χ1v) is 3.53. The molecule has 0 rings (SSSR count). The zero-order chi connectivity index (χ0) is 8.20. The van der Waals surface area contributed by atoms with Crippen molar-refractivity contribution < 1.29 is 9.28 Å². The summed E-state index contributed by atoms with van der Waals surface area (Å²) in [6.07, 6.45) is 0. The first kappa shape index (κ1) is 9.43. The van der Waals surface area contributed by atoms with Crippen LogP contribution < -0.4 is 5.32 Å². The number of carbonyl (C=O) groups excluding carboxylic acids is 1. The highest BCUT2D eigenvalue weighted by Gasteiger charge is 2.12. The molecule has 0 aliphatic rings. The van der Waals surface area contributed by atoms with Crippen molar-refractivity contribution in [2.24, 2.45) is 0 Å². The fourth-order valence-corrected chi connectivity index (χ4v) is 0.684. The molecule has 0 fully saturated rings. The molecule has 60 valence electrons. The Bertz CT molecular complexity index is 115. The molecule has 3 nitrogen and oxygen atoms in total. The summed E-state index contributed by atoms with van der Waals surface area (Å²) in [5.41, 5.74) is 0. The Morgan fingerprint density at radius 2 is 1.90 bits per heavy atom. The molecule has 0 aliphatic carbocycles. The molecule has 1 amide bonds. The predicted molar refractivity (Wildman–Crippen MR) is 41.6 cm³/mol. The van der Waals surface area contributed by atoms with Gasteiger partial charge in [0.25, 0.3) is 5.91 Å². The molecule has 0 aromatic heterocycles. The molecule has 0 aliphatic heterocycles. The number of amides is 1. The van der Waals surface area contributed by atoms with Crippen LogP contribution in [0.2, 0.25) is 0 Å². The topological polar surface area (TPSA) is 29.1 Å². The second-order valence-corrected chi connectivity index (χ2v) is 3.40. The molecule has 0 aromatic rings. The van der Waals surface area contributed by atoms with Crippen LogP contribution in [-0.2, 0) is 4.79 Å². The third-order valence-corrected chi connectivity index (χ3v) is 0.992. The van der Waals surface area contributed by atoms with Gasteiger partial charge in [0.15, 0.2) is 6.54 Å². The van der Waals surface area contributed by atoms with Crippen LogP contribution in [-0.4, -0.2) is 44.6 Å². The number of rotatable bonds is 3. The van der Waals surface area contributed by atoms with Crippen LogP contribution in [0.25, 0.3) is 0 Å². The minimum absolute atomic E-state index is 0.120. The second-order valence-electron chi connectivity index (χ2n) is 3.40. The molecule has 1 N–H and O–H groups in total. The number of hydrogen-bond acceptors (Lipinski definition) is 1. The molecule has 0 aromatic carbocycles. The molecule has 0 saturated heterocycles. The summed E-state index contributed by atoms with van der Waals surface area (Å²) in [6.45, 7) is 3.19. The van der Waals surface area contributed by atoms with Crippen molar-refractivity contribution >= 4 is 5.91 Å². The first-order chi connectivity index (χ1) is 4.45. The Balaban J connectivity index is 3.58. The van der Waals surface area contributed by atoms with Crippen LogP contribution in [0.1, 0.15) is 6.92 Å². The van der Waals surface area contributed by atoms with Crippen LogP contribution in [0.3, 0.4) is 0 Å². The van der Waals surface area contributed by atoms with Gasteiger partial charge in [0.1, 0.15) is 0 Å². The van der Waals surface area contributed by atoms with Gasteiger partial charge in [-0.15, -0.1) is 0 Å². The SMILES string of the molecule is CCNC(=O)C[N+](C)(C)C. The highest BCUT2D eigenvalue weighted by molar-refractivity contribution is 5.76. The summed E-state index contributed by atoms with van der Waals surface area (Å²) >= 11 is 0. The number of hydrogen-bond donors (Lipinski definition) is 1. The zero-order valence-electron chi connectivity index (χ0n) is 7.27. The molecule has 0 radical (unpaired) electrons. The molecule has 0 spiro atoms. The summed E-state index contributed by atoms with van der Waals surface area (Å²) in [5.74, 6) is 0.120. The van der Waals surface area contributed by atoms with Gasteiger partial charge in [0.2, 0.25) is 0 Å². The van der Waals surface area contributed by atoms with Crippen molar-refractivity contribution in [3.05, 3.63) is 0 Å². The van der Waals surface area contributed by atoms with Crippen LogP contribution in [0.15, 0.2) is 0 Å². The van der Waals surface area contributed by atoms with Crippen molar-refractivity contribution in [2.45, 2.75) is 6.92 Å². The molecule has 0 heterocycles. The van der Waals surface area contributed by atoms with Gasteiger partial charge < -0.3 is 9.80 Å². The van der Waals surface area contributed by atoms with Gasteiger partial charge >= 0.3 is 0 Å². The number of likely N-dealkylation sites (N-methyl/N-ethyl adjacent to an activating group) is 2. The fraction of sp³-hybridized carbons (Fsp3) is 0.857. The largest absolute Gasteiger partial charge is 0.351 e. The van der Waals surface area contributed by atoms with Crippen LogP contribution in [0, 0.1) is 0 Å². The summed E-state index contributed by atoms with van der Waals surface area (Å²) < 4.78 is 0.686. The highest BCUT2D eigenvalue weighted by Crippen LogP contribution is 1.87. The number of quaternary nitrogens is 1. The van der Waals surface area contributed by atoms with Crippen molar-refractivity contribution in [3.63, 3.8) is 0 Å². The van der Waals surface area contributed by atoms with E-state index in [2.05, 4.69) is 5.32 Å². The third kappa shape index (κ3) is 5.56. The lowest BCUT2D eigenvalue weighted by atomic mass is 10.5. The molecule has 0 atom stereocenters. The third-order valence-electron chi connectivity index (χ3n) is 0.992. The Hall–Kier alpha value is -0.570. The Morgan fingerprint density at radius 1 is 1.40 bits per heavy atom. The van der Waals surface area contributed by atoms with Crippen LogP contribution >= 0.6 is 0 Å². The molecular weight excluding hydrogens is 128 g/mol. The number of carbonyl (C=O) groups is 1. The monoisotopic (exact) mass is 145 g/mol. The predicted octanol–water partition coefficient (Wildman–Crippen LogP) is -0.171. The highest BCUT2D eigenvalue weighted by atomic mass is 16.2. The normalized spacial score (nSPS) is 11.2. The number of nitrogens with one attached hydrogen (secondary N) is 1. The van der Waals surface area contributed by atoms with E-state index in [4.69, 9.17) is 0 Å². The van der Waals surface area contributed by atoms with E-state index in [1.165, 1.54) is 0 Å². The lowest BCUT2D eigenvalue weighted by Gasteiger charge is -2.22. The van der Waals surface area contributed by atoms with E-state index in [0.717, 1.165) is 6.54 Å². The van der Waals surface area contributed by atoms with E-state index in [1.807, 2.05) is 28.1 Å². The first-order valence-electron chi connectivity index (χ1n) is 3.53. The Labute approximate surface area is 62.6 Å². The van der Waals surface area contributed by atoms with Gasteiger partial charge in [-0.05, 0) is 6.92 Å². The average molecular weight is 145 g/mol. The minimum atomic E-state index is 0.120. The van der Waals surface area contributed by atoms with E-state index in [-0.39, 0.29) is 5.91 Å². The van der Waals surface area contributed by atoms with Gasteiger partial charge in [-0.25, -0.2) is 0 Å². The molecule has 0 bridgehead atoms. The zero-order valence-corrected chi connectivity index (χ0v) is 7.27.